The van der Waals surface area contributed by atoms with Crippen LogP contribution in [0.4, 0.5) is 0 Å². The van der Waals surface area contributed by atoms with Crippen molar-refractivity contribution in [1.82, 2.24) is 9.97 Å². The van der Waals surface area contributed by atoms with Gasteiger partial charge in [-0.25, -0.2) is 0 Å². The predicted octanol–water partition coefficient (Wildman–Crippen LogP) is 6.08. The number of hydrogen-bond donors (Lipinski definition) is 1. The van der Waals surface area contributed by atoms with E-state index >= 15 is 0 Å². The molecule has 0 saturated heterocycles. The van der Waals surface area contributed by atoms with Crippen LogP contribution in [0.2, 0.25) is 0 Å². The number of aromatic amines is 1. The Bertz CT molecular complexity index is 1200. The number of carbonyl (C=O) groups excluding carboxylic acids is 1. The fraction of sp³-hybridized carbons (Fsp3) is 0.231. The fourth-order valence-electron chi connectivity index (χ4n) is 4.55. The number of furan rings is 1. The summed E-state index contributed by atoms with van der Waals surface area (Å²) in [7, 11) is 0. The van der Waals surface area contributed by atoms with Crippen LogP contribution >= 0.6 is 0 Å². The first-order chi connectivity index (χ1) is 14.5. The maximum absolute atomic E-state index is 13.2. The number of ketones is 1. The first-order valence-electron chi connectivity index (χ1n) is 10.3. The molecule has 4 aromatic rings. The summed E-state index contributed by atoms with van der Waals surface area (Å²) in [5.41, 5.74) is 7.26. The summed E-state index contributed by atoms with van der Waals surface area (Å²) in [6, 6.07) is 16.2. The van der Waals surface area contributed by atoms with Gasteiger partial charge in [0.2, 0.25) is 0 Å². The normalized spacial score (nSPS) is 15.2. The van der Waals surface area contributed by atoms with Crippen molar-refractivity contribution >= 4 is 5.78 Å². The number of rotatable bonds is 4. The van der Waals surface area contributed by atoms with E-state index < -0.39 is 0 Å². The van der Waals surface area contributed by atoms with Gasteiger partial charge in [-0.3, -0.25) is 9.78 Å². The molecule has 5 rings (SSSR count). The van der Waals surface area contributed by atoms with E-state index in [1.165, 1.54) is 0 Å². The summed E-state index contributed by atoms with van der Waals surface area (Å²) >= 11 is 0. The Balaban J connectivity index is 1.62. The van der Waals surface area contributed by atoms with Crippen molar-refractivity contribution in [1.29, 1.82) is 0 Å². The summed E-state index contributed by atoms with van der Waals surface area (Å²) in [5.74, 6) is 1.08. The van der Waals surface area contributed by atoms with E-state index in [0.29, 0.717) is 12.8 Å². The Hall–Kier alpha value is -3.40. The lowest BCUT2D eigenvalue weighted by molar-refractivity contribution is 0.0911. The third kappa shape index (κ3) is 3.39. The maximum Gasteiger partial charge on any atom is 0.165 e. The lowest BCUT2D eigenvalue weighted by Gasteiger charge is -2.28. The molecular weight excluding hydrogens is 372 g/mol. The third-order valence-corrected chi connectivity index (χ3v) is 5.84. The van der Waals surface area contributed by atoms with Crippen molar-refractivity contribution in [2.75, 3.05) is 0 Å². The van der Waals surface area contributed by atoms with Gasteiger partial charge in [-0.2, -0.15) is 0 Å². The van der Waals surface area contributed by atoms with Crippen LogP contribution in [-0.2, 0) is 12.8 Å². The molecule has 0 amide bonds. The average Bonchev–Trinajstić information content (AvgIpc) is 3.37. The van der Waals surface area contributed by atoms with Gasteiger partial charge in [-0.05, 0) is 53.3 Å². The third-order valence-electron chi connectivity index (χ3n) is 5.84. The highest BCUT2D eigenvalue weighted by molar-refractivity contribution is 6.02. The molecule has 1 aliphatic carbocycles. The number of benzene rings is 1. The zero-order chi connectivity index (χ0) is 20.7. The van der Waals surface area contributed by atoms with Gasteiger partial charge >= 0.3 is 0 Å². The molecule has 1 N–H and O–H groups in total. The topological polar surface area (TPSA) is 58.9 Å². The SMILES string of the molecule is CC1(C)CC(=O)c2c([nH]c(-c3ccncc3)c2Cc2cccc(-c3ccco3)c2)C1. The zero-order valence-electron chi connectivity index (χ0n) is 17.2. The molecule has 4 nitrogen and oxygen atoms in total. The van der Waals surface area contributed by atoms with E-state index in [9.17, 15) is 4.79 Å². The number of pyridine rings is 1. The Morgan fingerprint density at radius 1 is 1.03 bits per heavy atom. The van der Waals surface area contributed by atoms with Crippen LogP contribution in [0.15, 0.2) is 71.6 Å². The van der Waals surface area contributed by atoms with Crippen molar-refractivity contribution in [3.63, 3.8) is 0 Å². The molecule has 0 saturated carbocycles. The van der Waals surface area contributed by atoms with Gasteiger partial charge < -0.3 is 9.40 Å². The molecule has 0 aliphatic heterocycles. The Kier molecular flexibility index (Phi) is 4.43. The van der Waals surface area contributed by atoms with Gasteiger partial charge in [-0.1, -0.05) is 32.0 Å². The van der Waals surface area contributed by atoms with Crippen molar-refractivity contribution in [3.8, 4) is 22.6 Å². The average molecular weight is 396 g/mol. The minimum absolute atomic E-state index is 0.0269. The predicted molar refractivity (Wildman–Crippen MR) is 117 cm³/mol. The second-order valence-electron chi connectivity index (χ2n) is 8.86. The van der Waals surface area contributed by atoms with E-state index in [0.717, 1.165) is 51.4 Å². The van der Waals surface area contributed by atoms with Crippen molar-refractivity contribution in [2.24, 2.45) is 5.41 Å². The minimum Gasteiger partial charge on any atom is -0.464 e. The van der Waals surface area contributed by atoms with Gasteiger partial charge in [-0.15, -0.1) is 0 Å². The Morgan fingerprint density at radius 3 is 2.63 bits per heavy atom. The number of carbonyl (C=O) groups is 1. The van der Waals surface area contributed by atoms with E-state index in [1.807, 2.05) is 36.4 Å². The van der Waals surface area contributed by atoms with Crippen LogP contribution in [0.5, 0.6) is 0 Å². The van der Waals surface area contributed by atoms with Crippen LogP contribution in [0.3, 0.4) is 0 Å². The second kappa shape index (κ2) is 7.13. The summed E-state index contributed by atoms with van der Waals surface area (Å²) in [5, 5.41) is 0. The van der Waals surface area contributed by atoms with Crippen LogP contribution in [0, 0.1) is 5.41 Å². The molecule has 0 atom stereocenters. The first kappa shape index (κ1) is 18.6. The molecule has 150 valence electrons. The number of H-pyrrole nitrogens is 1. The monoisotopic (exact) mass is 396 g/mol. The molecule has 3 aromatic heterocycles. The molecule has 1 aromatic carbocycles. The molecule has 0 spiro atoms. The lowest BCUT2D eigenvalue weighted by atomic mass is 9.75. The minimum atomic E-state index is -0.0269. The fourth-order valence-corrected chi connectivity index (χ4v) is 4.55. The molecule has 0 fully saturated rings. The van der Waals surface area contributed by atoms with Gasteiger partial charge in [0.05, 0.1) is 12.0 Å². The Labute approximate surface area is 176 Å². The quantitative estimate of drug-likeness (QED) is 0.454. The number of Topliss-reactive ketones (excluding diaryl/α,β-unsaturated/α-hetero) is 1. The zero-order valence-corrected chi connectivity index (χ0v) is 17.2. The van der Waals surface area contributed by atoms with E-state index in [2.05, 4.69) is 35.9 Å². The summed E-state index contributed by atoms with van der Waals surface area (Å²) in [6.07, 6.45) is 7.41. The van der Waals surface area contributed by atoms with Gasteiger partial charge in [0.1, 0.15) is 5.76 Å². The number of nitrogens with zero attached hydrogens (tertiary/aromatic N) is 1. The van der Waals surface area contributed by atoms with Crippen molar-refractivity contribution in [3.05, 3.63) is 89.6 Å². The number of fused-ring (bicyclic) bond motifs is 1. The summed E-state index contributed by atoms with van der Waals surface area (Å²) < 4.78 is 5.57. The molecule has 0 radical (unpaired) electrons. The van der Waals surface area contributed by atoms with Crippen molar-refractivity contribution < 1.29 is 9.21 Å². The number of nitrogens with one attached hydrogen (secondary N) is 1. The highest BCUT2D eigenvalue weighted by atomic mass is 16.3. The largest absolute Gasteiger partial charge is 0.464 e. The number of hydrogen-bond acceptors (Lipinski definition) is 3. The summed E-state index contributed by atoms with van der Waals surface area (Å²) in [4.78, 5) is 20.9. The van der Waals surface area contributed by atoms with E-state index in [-0.39, 0.29) is 11.2 Å². The second-order valence-corrected chi connectivity index (χ2v) is 8.86. The van der Waals surface area contributed by atoms with E-state index in [4.69, 9.17) is 4.42 Å². The standard InChI is InChI=1S/C26H24N2O2/c1-26(2)15-21-24(22(29)16-26)20(25(28-21)18-8-10-27-11-9-18)14-17-5-3-6-19(13-17)23-7-4-12-30-23/h3-13,28H,14-16H2,1-2H3. The van der Waals surface area contributed by atoms with Crippen molar-refractivity contribution in [2.45, 2.75) is 33.1 Å². The van der Waals surface area contributed by atoms with Gasteiger partial charge in [0.15, 0.2) is 5.78 Å². The molecule has 3 heterocycles. The smallest absolute Gasteiger partial charge is 0.165 e. The molecule has 4 heteroatoms. The Morgan fingerprint density at radius 2 is 1.87 bits per heavy atom. The van der Waals surface area contributed by atoms with Crippen LogP contribution < -0.4 is 0 Å². The molecular formula is C26H24N2O2. The lowest BCUT2D eigenvalue weighted by Crippen LogP contribution is -2.27. The molecule has 30 heavy (non-hydrogen) atoms. The van der Waals surface area contributed by atoms with Crippen LogP contribution in [-0.4, -0.2) is 15.8 Å². The highest BCUT2D eigenvalue weighted by Crippen LogP contribution is 2.40. The molecule has 0 unspecified atom stereocenters. The van der Waals surface area contributed by atoms with Gasteiger partial charge in [0.25, 0.3) is 0 Å². The number of aromatic nitrogens is 2. The highest BCUT2D eigenvalue weighted by Gasteiger charge is 2.35. The maximum atomic E-state index is 13.2. The van der Waals surface area contributed by atoms with Crippen LogP contribution in [0.1, 0.15) is 47.4 Å². The molecule has 0 bridgehead atoms. The van der Waals surface area contributed by atoms with E-state index in [1.54, 1.807) is 18.7 Å². The van der Waals surface area contributed by atoms with Crippen LogP contribution in [0.25, 0.3) is 22.6 Å². The summed E-state index contributed by atoms with van der Waals surface area (Å²) in [6.45, 7) is 4.32. The molecule has 1 aliphatic rings. The van der Waals surface area contributed by atoms with Gasteiger partial charge in [0, 0.05) is 47.6 Å². The first-order valence-corrected chi connectivity index (χ1v) is 10.3.